The van der Waals surface area contributed by atoms with Crippen LogP contribution in [0.5, 0.6) is 0 Å². The smallest absolute Gasteiger partial charge is 0.133 e. The van der Waals surface area contributed by atoms with Gasteiger partial charge in [-0.2, -0.15) is 0 Å². The Morgan fingerprint density at radius 3 is 2.68 bits per heavy atom. The Hall–Kier alpha value is -0.980. The normalized spacial score (nSPS) is 26.3. The third kappa shape index (κ3) is 4.80. The van der Waals surface area contributed by atoms with Gasteiger partial charge in [-0.1, -0.05) is 13.0 Å². The van der Waals surface area contributed by atoms with Crippen molar-refractivity contribution in [2.24, 2.45) is 11.8 Å². The monoisotopic (exact) mass is 364 g/mol. The van der Waals surface area contributed by atoms with Gasteiger partial charge in [-0.15, -0.1) is 0 Å². The lowest BCUT2D eigenvalue weighted by Gasteiger charge is -2.32. The summed E-state index contributed by atoms with van der Waals surface area (Å²) < 4.78 is 15.9. The molecular formula is C19H32N4OS. The maximum Gasteiger partial charge on any atom is 0.133 e. The van der Waals surface area contributed by atoms with E-state index in [0.29, 0.717) is 0 Å². The molecule has 0 spiro atoms. The topological polar surface area (TPSA) is 57.3 Å². The van der Waals surface area contributed by atoms with Gasteiger partial charge in [-0.05, 0) is 51.5 Å². The number of nitrogens with zero attached hydrogens (tertiary/aromatic N) is 2. The Bertz CT molecular complexity index is 610. The molecule has 1 aliphatic carbocycles. The molecule has 0 bridgehead atoms. The molecule has 2 heterocycles. The summed E-state index contributed by atoms with van der Waals surface area (Å²) in [7, 11) is -1.09. The molecule has 1 aliphatic heterocycles. The van der Waals surface area contributed by atoms with Crippen LogP contribution in [0.2, 0.25) is 0 Å². The van der Waals surface area contributed by atoms with Gasteiger partial charge in [0, 0.05) is 44.0 Å². The number of aromatic nitrogens is 1. The van der Waals surface area contributed by atoms with Crippen LogP contribution in [0.3, 0.4) is 0 Å². The van der Waals surface area contributed by atoms with E-state index in [1.54, 1.807) is 0 Å². The first-order valence-electron chi connectivity index (χ1n) is 9.45. The highest BCUT2D eigenvalue weighted by atomic mass is 32.2. The summed E-state index contributed by atoms with van der Waals surface area (Å²) in [6, 6.07) is 4.26. The van der Waals surface area contributed by atoms with Gasteiger partial charge in [0.2, 0.25) is 0 Å². The fraction of sp³-hybridized carbons (Fsp3) is 0.737. The molecule has 4 unspecified atom stereocenters. The zero-order valence-electron chi connectivity index (χ0n) is 15.9. The van der Waals surface area contributed by atoms with Crippen molar-refractivity contribution in [3.63, 3.8) is 0 Å². The molecule has 0 aromatic carbocycles. The number of rotatable bonds is 6. The molecule has 1 saturated heterocycles. The van der Waals surface area contributed by atoms with E-state index in [4.69, 9.17) is 4.98 Å². The van der Waals surface area contributed by atoms with Crippen LogP contribution in [-0.4, -0.2) is 40.1 Å². The maximum atomic E-state index is 12.8. The number of hydrogen-bond donors (Lipinski definition) is 2. The van der Waals surface area contributed by atoms with Crippen molar-refractivity contribution in [1.82, 2.24) is 15.0 Å². The first-order valence-corrected chi connectivity index (χ1v) is 10.6. The van der Waals surface area contributed by atoms with Crippen LogP contribution in [0.4, 0.5) is 5.82 Å². The quantitative estimate of drug-likeness (QED) is 0.815. The van der Waals surface area contributed by atoms with E-state index < -0.39 is 11.0 Å². The van der Waals surface area contributed by atoms with Crippen molar-refractivity contribution in [2.75, 3.05) is 31.1 Å². The van der Waals surface area contributed by atoms with Crippen LogP contribution in [0, 0.1) is 11.8 Å². The third-order valence-electron chi connectivity index (χ3n) is 5.23. The van der Waals surface area contributed by atoms with Crippen LogP contribution in [0.25, 0.3) is 0 Å². The van der Waals surface area contributed by atoms with E-state index >= 15 is 0 Å². The molecule has 5 nitrogen and oxygen atoms in total. The zero-order valence-corrected chi connectivity index (χ0v) is 16.7. The number of hydrogen-bond acceptors (Lipinski definition) is 4. The van der Waals surface area contributed by atoms with Crippen LogP contribution in [0.1, 0.15) is 52.1 Å². The Labute approximate surface area is 154 Å². The molecule has 1 aromatic heterocycles. The van der Waals surface area contributed by atoms with Gasteiger partial charge in [-0.3, -0.25) is 0 Å². The van der Waals surface area contributed by atoms with Crippen molar-refractivity contribution < 1.29 is 4.21 Å². The van der Waals surface area contributed by atoms with Gasteiger partial charge in [0.15, 0.2) is 0 Å². The van der Waals surface area contributed by atoms with Gasteiger partial charge < -0.3 is 10.2 Å². The molecule has 2 N–H and O–H groups in total. The maximum absolute atomic E-state index is 12.8. The first-order chi connectivity index (χ1) is 11.9. The van der Waals surface area contributed by atoms with Crippen molar-refractivity contribution >= 4 is 16.8 Å². The summed E-state index contributed by atoms with van der Waals surface area (Å²) in [5.41, 5.74) is 1.20. The highest BCUT2D eigenvalue weighted by Gasteiger charge is 2.37. The molecular weight excluding hydrogens is 332 g/mol. The van der Waals surface area contributed by atoms with Crippen LogP contribution >= 0.6 is 0 Å². The van der Waals surface area contributed by atoms with E-state index in [-0.39, 0.29) is 10.8 Å². The highest BCUT2D eigenvalue weighted by molar-refractivity contribution is 7.84. The molecule has 1 saturated carbocycles. The average molecular weight is 365 g/mol. The number of anilines is 1. The predicted octanol–water partition coefficient (Wildman–Crippen LogP) is 2.63. The van der Waals surface area contributed by atoms with Crippen LogP contribution in [-0.2, 0) is 11.0 Å². The van der Waals surface area contributed by atoms with Crippen molar-refractivity contribution in [1.29, 1.82) is 0 Å². The fourth-order valence-corrected chi connectivity index (χ4v) is 4.23. The van der Waals surface area contributed by atoms with Crippen molar-refractivity contribution in [2.45, 2.75) is 51.3 Å². The minimum absolute atomic E-state index is 0.0913. The Balaban J connectivity index is 1.85. The molecule has 1 aromatic rings. The minimum atomic E-state index is -1.09. The molecule has 25 heavy (non-hydrogen) atoms. The zero-order chi connectivity index (χ0) is 18.0. The molecule has 6 heteroatoms. The standard InChI is InChI=1S/C19H32N4OS/c1-14-12-15(14)13-17(22-25(24)19(2,3)4)16-6-5-7-21-18(16)23-10-8-20-9-11-23/h5-7,14-15,17,20,22H,8-13H2,1-4H3. The molecule has 140 valence electrons. The van der Waals surface area contributed by atoms with Gasteiger partial charge in [0.25, 0.3) is 0 Å². The molecule has 3 rings (SSSR count). The Morgan fingerprint density at radius 1 is 1.40 bits per heavy atom. The summed E-state index contributed by atoms with van der Waals surface area (Å²) in [5.74, 6) is 2.57. The Morgan fingerprint density at radius 2 is 2.08 bits per heavy atom. The highest BCUT2D eigenvalue weighted by Crippen LogP contribution is 2.45. The lowest BCUT2D eigenvalue weighted by atomic mass is 10.0. The lowest BCUT2D eigenvalue weighted by molar-refractivity contribution is 0.519. The fourth-order valence-electron chi connectivity index (χ4n) is 3.40. The van der Waals surface area contributed by atoms with E-state index in [0.717, 1.165) is 50.3 Å². The molecule has 0 radical (unpaired) electrons. The van der Waals surface area contributed by atoms with Gasteiger partial charge in [0.05, 0.1) is 15.7 Å². The second kappa shape index (κ2) is 7.72. The largest absolute Gasteiger partial charge is 0.354 e. The summed E-state index contributed by atoms with van der Waals surface area (Å²) >= 11 is 0. The van der Waals surface area contributed by atoms with Gasteiger partial charge >= 0.3 is 0 Å². The third-order valence-corrected chi connectivity index (χ3v) is 6.84. The summed E-state index contributed by atoms with van der Waals surface area (Å²) in [5, 5.41) is 3.40. The molecule has 2 aliphatic rings. The second-order valence-electron chi connectivity index (χ2n) is 8.41. The van der Waals surface area contributed by atoms with E-state index in [1.165, 1.54) is 12.0 Å². The number of piperazine rings is 1. The first kappa shape index (κ1) is 18.8. The molecule has 2 fully saturated rings. The SMILES string of the molecule is CC1CC1CC(NS(=O)C(C)(C)C)c1cccnc1N1CCNCC1. The summed E-state index contributed by atoms with van der Waals surface area (Å²) in [6.07, 6.45) is 4.19. The summed E-state index contributed by atoms with van der Waals surface area (Å²) in [6.45, 7) is 12.3. The molecule has 4 atom stereocenters. The van der Waals surface area contributed by atoms with Gasteiger partial charge in [-0.25, -0.2) is 13.9 Å². The lowest BCUT2D eigenvalue weighted by Crippen LogP contribution is -2.45. The van der Waals surface area contributed by atoms with Crippen molar-refractivity contribution in [3.05, 3.63) is 23.9 Å². The van der Waals surface area contributed by atoms with Crippen LogP contribution in [0.15, 0.2) is 18.3 Å². The average Bonchev–Trinajstić information content (AvgIpc) is 3.29. The minimum Gasteiger partial charge on any atom is -0.354 e. The van der Waals surface area contributed by atoms with E-state index in [9.17, 15) is 4.21 Å². The number of pyridine rings is 1. The van der Waals surface area contributed by atoms with Crippen molar-refractivity contribution in [3.8, 4) is 0 Å². The summed E-state index contributed by atoms with van der Waals surface area (Å²) in [4.78, 5) is 7.06. The van der Waals surface area contributed by atoms with Crippen LogP contribution < -0.4 is 14.9 Å². The number of nitrogens with one attached hydrogen (secondary N) is 2. The van der Waals surface area contributed by atoms with Gasteiger partial charge in [0.1, 0.15) is 5.82 Å². The Kier molecular flexibility index (Phi) is 5.81. The predicted molar refractivity (Wildman–Crippen MR) is 105 cm³/mol. The van der Waals surface area contributed by atoms with E-state index in [2.05, 4.69) is 27.9 Å². The second-order valence-corrected chi connectivity index (χ2v) is 10.4. The molecule has 0 amide bonds. The van der Waals surface area contributed by atoms with E-state index in [1.807, 2.05) is 33.0 Å².